The Morgan fingerprint density at radius 1 is 1.33 bits per heavy atom. The first-order valence-electron chi connectivity index (χ1n) is 8.49. The second kappa shape index (κ2) is 7.00. The van der Waals surface area contributed by atoms with E-state index in [9.17, 15) is 4.79 Å². The maximum Gasteiger partial charge on any atom is 0.263 e. The van der Waals surface area contributed by atoms with Crippen molar-refractivity contribution in [1.29, 1.82) is 0 Å². The van der Waals surface area contributed by atoms with Gasteiger partial charge in [-0.1, -0.05) is 0 Å². The van der Waals surface area contributed by atoms with E-state index in [2.05, 4.69) is 31.7 Å². The van der Waals surface area contributed by atoms with Crippen molar-refractivity contribution >= 4 is 17.2 Å². The predicted molar refractivity (Wildman–Crippen MR) is 91.7 cm³/mol. The van der Waals surface area contributed by atoms with Crippen LogP contribution in [0.15, 0.2) is 12.3 Å². The maximum absolute atomic E-state index is 12.3. The minimum atomic E-state index is -0.0655. The molecule has 1 amide bonds. The summed E-state index contributed by atoms with van der Waals surface area (Å²) in [5.74, 6) is -0.0655. The summed E-state index contributed by atoms with van der Waals surface area (Å²) >= 11 is 1.49. The van der Waals surface area contributed by atoms with Crippen LogP contribution in [0, 0.1) is 0 Å². The molecule has 0 unspecified atom stereocenters. The van der Waals surface area contributed by atoms with Crippen LogP contribution in [0.2, 0.25) is 0 Å². The van der Waals surface area contributed by atoms with E-state index < -0.39 is 0 Å². The Morgan fingerprint density at radius 2 is 2.21 bits per heavy atom. The highest BCUT2D eigenvalue weighted by atomic mass is 32.1. The van der Waals surface area contributed by atoms with Crippen molar-refractivity contribution in [2.24, 2.45) is 0 Å². The number of aromatic nitrogens is 3. The summed E-state index contributed by atoms with van der Waals surface area (Å²) in [6.07, 6.45) is 4.22. The summed E-state index contributed by atoms with van der Waals surface area (Å²) in [5.41, 5.74) is 2.08. The smallest absolute Gasteiger partial charge is 0.263 e. The zero-order valence-electron chi connectivity index (χ0n) is 13.6. The lowest BCUT2D eigenvalue weighted by Crippen LogP contribution is -2.28. The number of hydrogen-bond donors (Lipinski definition) is 2. The Morgan fingerprint density at radius 3 is 3.04 bits per heavy atom. The minimum Gasteiger partial charge on any atom is -0.346 e. The SMILES string of the molecule is O=C(NCc1cc2n(n1)CCNC2)c1cnc(CN2CCCC2)s1. The van der Waals surface area contributed by atoms with Gasteiger partial charge >= 0.3 is 0 Å². The van der Waals surface area contributed by atoms with Gasteiger partial charge in [0.1, 0.15) is 9.88 Å². The number of thiazole rings is 1. The van der Waals surface area contributed by atoms with Crippen LogP contribution < -0.4 is 10.6 Å². The molecule has 8 heteroatoms. The van der Waals surface area contributed by atoms with Crippen LogP contribution in [0.3, 0.4) is 0 Å². The molecule has 0 radical (unpaired) electrons. The van der Waals surface area contributed by atoms with Gasteiger partial charge in [0.25, 0.3) is 5.91 Å². The van der Waals surface area contributed by atoms with Gasteiger partial charge in [0.15, 0.2) is 0 Å². The Bertz CT molecular complexity index is 694. The first kappa shape index (κ1) is 15.7. The predicted octanol–water partition coefficient (Wildman–Crippen LogP) is 0.969. The van der Waals surface area contributed by atoms with E-state index in [1.807, 2.05) is 4.68 Å². The van der Waals surface area contributed by atoms with E-state index in [1.54, 1.807) is 6.20 Å². The van der Waals surface area contributed by atoms with Crippen LogP contribution in [0.1, 0.15) is 38.9 Å². The Hall–Kier alpha value is -1.77. The molecule has 0 atom stereocenters. The molecule has 2 N–H and O–H groups in total. The number of likely N-dealkylation sites (tertiary alicyclic amines) is 1. The zero-order chi connectivity index (χ0) is 16.4. The van der Waals surface area contributed by atoms with Crippen molar-refractivity contribution in [2.45, 2.75) is 39.0 Å². The van der Waals surface area contributed by atoms with E-state index in [0.29, 0.717) is 11.4 Å². The van der Waals surface area contributed by atoms with Crippen molar-refractivity contribution in [3.05, 3.63) is 33.5 Å². The van der Waals surface area contributed by atoms with Gasteiger partial charge < -0.3 is 10.6 Å². The van der Waals surface area contributed by atoms with Crippen molar-refractivity contribution in [2.75, 3.05) is 19.6 Å². The molecule has 7 nitrogen and oxygen atoms in total. The molecule has 0 saturated carbocycles. The average Bonchev–Trinajstić information content (AvgIpc) is 3.33. The first-order valence-corrected chi connectivity index (χ1v) is 9.31. The molecule has 2 aliphatic rings. The Kier molecular flexibility index (Phi) is 4.59. The summed E-state index contributed by atoms with van der Waals surface area (Å²) in [5, 5.41) is 11.8. The topological polar surface area (TPSA) is 75.1 Å². The van der Waals surface area contributed by atoms with Gasteiger partial charge in [-0.2, -0.15) is 5.10 Å². The van der Waals surface area contributed by atoms with Gasteiger partial charge in [0, 0.05) is 13.1 Å². The van der Waals surface area contributed by atoms with Gasteiger partial charge in [-0.3, -0.25) is 14.4 Å². The van der Waals surface area contributed by atoms with Gasteiger partial charge in [-0.05, 0) is 32.0 Å². The molecule has 1 fully saturated rings. The number of nitrogens with one attached hydrogen (secondary N) is 2. The summed E-state index contributed by atoms with van der Waals surface area (Å²) in [6, 6.07) is 2.05. The normalized spacial score (nSPS) is 17.8. The fraction of sp³-hybridized carbons (Fsp3) is 0.562. The molecule has 0 aliphatic carbocycles. The largest absolute Gasteiger partial charge is 0.346 e. The lowest BCUT2D eigenvalue weighted by molar-refractivity contribution is 0.0954. The molecule has 0 aromatic carbocycles. The third kappa shape index (κ3) is 3.50. The van der Waals surface area contributed by atoms with Crippen molar-refractivity contribution < 1.29 is 4.79 Å². The summed E-state index contributed by atoms with van der Waals surface area (Å²) in [6.45, 7) is 6.27. The number of carbonyl (C=O) groups excluding carboxylic acids is 1. The van der Waals surface area contributed by atoms with Crippen molar-refractivity contribution in [3.63, 3.8) is 0 Å². The molecule has 128 valence electrons. The molecule has 0 bridgehead atoms. The maximum atomic E-state index is 12.3. The molecule has 4 rings (SSSR count). The lowest BCUT2D eigenvalue weighted by Gasteiger charge is -2.13. The van der Waals surface area contributed by atoms with Crippen LogP contribution in [0.5, 0.6) is 0 Å². The van der Waals surface area contributed by atoms with Gasteiger partial charge in [-0.15, -0.1) is 11.3 Å². The highest BCUT2D eigenvalue weighted by molar-refractivity contribution is 7.13. The van der Waals surface area contributed by atoms with Crippen molar-refractivity contribution in [3.8, 4) is 0 Å². The van der Waals surface area contributed by atoms with Crippen LogP contribution in [0.25, 0.3) is 0 Å². The summed E-state index contributed by atoms with van der Waals surface area (Å²) in [7, 11) is 0. The number of nitrogens with zero attached hydrogens (tertiary/aromatic N) is 4. The molecule has 2 aromatic rings. The average molecular weight is 346 g/mol. The molecule has 4 heterocycles. The quantitative estimate of drug-likeness (QED) is 0.844. The third-order valence-electron chi connectivity index (χ3n) is 4.49. The fourth-order valence-electron chi connectivity index (χ4n) is 3.22. The number of fused-ring (bicyclic) bond motifs is 1. The molecule has 2 aromatic heterocycles. The highest BCUT2D eigenvalue weighted by Gasteiger charge is 2.17. The van der Waals surface area contributed by atoms with Crippen LogP contribution in [-0.4, -0.2) is 45.2 Å². The second-order valence-electron chi connectivity index (χ2n) is 6.31. The summed E-state index contributed by atoms with van der Waals surface area (Å²) in [4.78, 5) is 19.8. The summed E-state index contributed by atoms with van der Waals surface area (Å²) < 4.78 is 2.01. The Labute approximate surface area is 145 Å². The lowest BCUT2D eigenvalue weighted by atomic mass is 10.3. The van der Waals surface area contributed by atoms with E-state index in [0.717, 1.165) is 50.0 Å². The van der Waals surface area contributed by atoms with Gasteiger partial charge in [0.2, 0.25) is 0 Å². The monoisotopic (exact) mass is 346 g/mol. The van der Waals surface area contributed by atoms with E-state index in [4.69, 9.17) is 0 Å². The number of carbonyl (C=O) groups is 1. The van der Waals surface area contributed by atoms with E-state index in [-0.39, 0.29) is 5.91 Å². The highest BCUT2D eigenvalue weighted by Crippen LogP contribution is 2.18. The van der Waals surface area contributed by atoms with Crippen LogP contribution in [-0.2, 0) is 26.2 Å². The first-order chi connectivity index (χ1) is 11.8. The molecular formula is C16H22N6OS. The number of rotatable bonds is 5. The van der Waals surface area contributed by atoms with Crippen molar-refractivity contribution in [1.82, 2.24) is 30.3 Å². The van der Waals surface area contributed by atoms with Gasteiger partial charge in [-0.25, -0.2) is 4.98 Å². The molecule has 2 aliphatic heterocycles. The number of hydrogen-bond acceptors (Lipinski definition) is 6. The van der Waals surface area contributed by atoms with E-state index in [1.165, 1.54) is 29.9 Å². The fourth-order valence-corrected chi connectivity index (χ4v) is 4.09. The van der Waals surface area contributed by atoms with E-state index >= 15 is 0 Å². The zero-order valence-corrected chi connectivity index (χ0v) is 14.4. The third-order valence-corrected chi connectivity index (χ3v) is 5.47. The standard InChI is InChI=1S/C16H22N6OS/c23-16(14-10-18-15(24-14)11-21-4-1-2-5-21)19-8-12-7-13-9-17-3-6-22(13)20-12/h7,10,17H,1-6,8-9,11H2,(H,19,23). The molecular weight excluding hydrogens is 324 g/mol. The molecule has 1 saturated heterocycles. The van der Waals surface area contributed by atoms with Crippen LogP contribution in [0.4, 0.5) is 0 Å². The molecule has 24 heavy (non-hydrogen) atoms. The Balaban J connectivity index is 1.32. The molecule has 0 spiro atoms. The van der Waals surface area contributed by atoms with Crippen LogP contribution >= 0.6 is 11.3 Å². The van der Waals surface area contributed by atoms with Gasteiger partial charge in [0.05, 0.1) is 37.2 Å². The second-order valence-corrected chi connectivity index (χ2v) is 7.43. The minimum absolute atomic E-state index is 0.0655. The number of amides is 1.